The number of fused-ring (bicyclic) bond motifs is 1. The van der Waals surface area contributed by atoms with E-state index < -0.39 is 13.2 Å². The van der Waals surface area contributed by atoms with E-state index >= 15 is 0 Å². The molecule has 1 atom stereocenters. The van der Waals surface area contributed by atoms with Gasteiger partial charge >= 0.3 is 13.6 Å². The quantitative estimate of drug-likeness (QED) is 0.309. The van der Waals surface area contributed by atoms with Crippen molar-refractivity contribution in [3.63, 3.8) is 0 Å². The van der Waals surface area contributed by atoms with Gasteiger partial charge in [-0.15, -0.1) is 0 Å². The fourth-order valence-corrected chi connectivity index (χ4v) is 5.29. The molecule has 1 amide bonds. The fraction of sp³-hybridized carbons (Fsp3) is 0.480. The van der Waals surface area contributed by atoms with Crippen LogP contribution < -0.4 is 5.32 Å². The molecule has 12 nitrogen and oxygen atoms in total. The van der Waals surface area contributed by atoms with Crippen molar-refractivity contribution < 1.29 is 32.7 Å². The third-order valence-electron chi connectivity index (χ3n) is 5.53. The zero-order valence-electron chi connectivity index (χ0n) is 21.8. The summed E-state index contributed by atoms with van der Waals surface area (Å²) in [6, 6.07) is 8.80. The number of hydrogen-bond acceptors (Lipinski definition) is 10. The summed E-state index contributed by atoms with van der Waals surface area (Å²) in [6.07, 6.45) is 2.43. The standard InChI is InChI=1S/C25H32N5O7P/c1-17(34-16-38(33)35-12-18(13-36-38)10-20(31)37-25(2,3)4)11-30-15-28-21-22(26-14-27-23(21)30)29-24(32)19-8-6-5-7-9-19/h5-9,14-15,17-18H,10-13,16H2,1-4H3,(H,26,27,29,32)/t17-,18?,38?/m1/s1. The van der Waals surface area contributed by atoms with Crippen LogP contribution in [0.3, 0.4) is 0 Å². The molecular formula is C25H32N5O7P. The lowest BCUT2D eigenvalue weighted by molar-refractivity contribution is -0.157. The maximum Gasteiger partial charge on any atom is 0.356 e. The number of rotatable bonds is 9. The van der Waals surface area contributed by atoms with Crippen LogP contribution in [-0.2, 0) is 34.4 Å². The van der Waals surface area contributed by atoms with E-state index in [1.807, 2.05) is 13.0 Å². The van der Waals surface area contributed by atoms with Gasteiger partial charge in [0.25, 0.3) is 5.91 Å². The number of anilines is 1. The van der Waals surface area contributed by atoms with Crippen LogP contribution in [-0.4, -0.2) is 62.7 Å². The number of esters is 1. The van der Waals surface area contributed by atoms with Gasteiger partial charge in [-0.1, -0.05) is 18.2 Å². The molecule has 1 N–H and O–H groups in total. The van der Waals surface area contributed by atoms with E-state index in [0.717, 1.165) is 0 Å². The summed E-state index contributed by atoms with van der Waals surface area (Å²) in [5, 5.41) is 2.77. The minimum absolute atomic E-state index is 0.120. The highest BCUT2D eigenvalue weighted by Gasteiger charge is 2.35. The van der Waals surface area contributed by atoms with Crippen LogP contribution in [0, 0.1) is 5.92 Å². The van der Waals surface area contributed by atoms with Gasteiger partial charge in [-0.25, -0.2) is 15.0 Å². The molecule has 1 aliphatic rings. The molecule has 204 valence electrons. The van der Waals surface area contributed by atoms with E-state index in [1.54, 1.807) is 55.9 Å². The highest BCUT2D eigenvalue weighted by atomic mass is 31.2. The largest absolute Gasteiger partial charge is 0.460 e. The van der Waals surface area contributed by atoms with Crippen LogP contribution in [0.5, 0.6) is 0 Å². The summed E-state index contributed by atoms with van der Waals surface area (Å²) in [5.74, 6) is -0.596. The fourth-order valence-electron chi connectivity index (χ4n) is 3.76. The summed E-state index contributed by atoms with van der Waals surface area (Å²) >= 11 is 0. The molecule has 13 heteroatoms. The molecule has 3 heterocycles. The second-order valence-corrected chi connectivity index (χ2v) is 12.1. The van der Waals surface area contributed by atoms with Crippen molar-refractivity contribution in [1.29, 1.82) is 0 Å². The SMILES string of the molecule is C[C@H](Cn1cnc2c(NC(=O)c3ccccc3)ncnc21)OCP1(=O)OCC(CC(=O)OC(C)(C)C)CO1. The van der Waals surface area contributed by atoms with Crippen LogP contribution >= 0.6 is 7.60 Å². The second kappa shape index (κ2) is 11.7. The predicted molar refractivity (Wildman–Crippen MR) is 139 cm³/mol. The number of benzene rings is 1. The van der Waals surface area contributed by atoms with Crippen molar-refractivity contribution in [2.24, 2.45) is 5.92 Å². The van der Waals surface area contributed by atoms with Crippen molar-refractivity contribution >= 4 is 36.5 Å². The van der Waals surface area contributed by atoms with Gasteiger partial charge in [0.1, 0.15) is 18.3 Å². The van der Waals surface area contributed by atoms with Gasteiger partial charge in [0.15, 0.2) is 17.0 Å². The Bertz CT molecular complexity index is 1310. The van der Waals surface area contributed by atoms with E-state index in [4.69, 9.17) is 18.5 Å². The first-order chi connectivity index (χ1) is 18.0. The van der Waals surface area contributed by atoms with Crippen LogP contribution in [0.2, 0.25) is 0 Å². The Morgan fingerprint density at radius 2 is 1.87 bits per heavy atom. The molecule has 1 saturated heterocycles. The topological polar surface area (TPSA) is 144 Å². The lowest BCUT2D eigenvalue weighted by Gasteiger charge is -2.29. The van der Waals surface area contributed by atoms with Gasteiger partial charge in [-0.2, -0.15) is 0 Å². The molecule has 1 aromatic carbocycles. The van der Waals surface area contributed by atoms with Gasteiger partial charge < -0.3 is 28.4 Å². The first-order valence-corrected chi connectivity index (χ1v) is 14.0. The van der Waals surface area contributed by atoms with Crippen LogP contribution in [0.1, 0.15) is 44.5 Å². The molecular weight excluding hydrogens is 513 g/mol. The van der Waals surface area contributed by atoms with Crippen LogP contribution in [0.15, 0.2) is 43.0 Å². The molecule has 0 aliphatic carbocycles. The molecule has 3 aromatic rings. The summed E-state index contributed by atoms with van der Waals surface area (Å²) < 4.78 is 36.7. The predicted octanol–water partition coefficient (Wildman–Crippen LogP) is 4.03. The minimum atomic E-state index is -3.45. The number of imidazole rings is 1. The van der Waals surface area contributed by atoms with E-state index in [0.29, 0.717) is 29.1 Å². The van der Waals surface area contributed by atoms with Crippen molar-refractivity contribution in [3.8, 4) is 0 Å². The number of carbonyl (C=O) groups is 2. The summed E-state index contributed by atoms with van der Waals surface area (Å²) in [7, 11) is -3.45. The molecule has 1 fully saturated rings. The van der Waals surface area contributed by atoms with E-state index in [-0.39, 0.29) is 49.9 Å². The third kappa shape index (κ3) is 7.44. The second-order valence-electron chi connectivity index (χ2n) is 10.1. The summed E-state index contributed by atoms with van der Waals surface area (Å²) in [5.41, 5.74) is 0.878. The number of ether oxygens (including phenoxy) is 2. The average molecular weight is 546 g/mol. The number of aromatic nitrogens is 4. The van der Waals surface area contributed by atoms with Gasteiger partial charge in [0.05, 0.1) is 38.6 Å². The van der Waals surface area contributed by atoms with Gasteiger partial charge in [0.2, 0.25) is 0 Å². The Morgan fingerprint density at radius 1 is 1.16 bits per heavy atom. The molecule has 0 radical (unpaired) electrons. The van der Waals surface area contributed by atoms with Gasteiger partial charge in [-0.3, -0.25) is 14.2 Å². The molecule has 1 aliphatic heterocycles. The number of nitrogens with zero attached hydrogens (tertiary/aromatic N) is 4. The Balaban J connectivity index is 1.29. The summed E-state index contributed by atoms with van der Waals surface area (Å²) in [4.78, 5) is 37.4. The minimum Gasteiger partial charge on any atom is -0.460 e. The number of hydrogen-bond donors (Lipinski definition) is 1. The Hall–Kier alpha value is -3.18. The third-order valence-corrected chi connectivity index (χ3v) is 7.08. The highest BCUT2D eigenvalue weighted by Crippen LogP contribution is 2.52. The zero-order valence-corrected chi connectivity index (χ0v) is 22.7. The first-order valence-electron chi connectivity index (χ1n) is 12.3. The highest BCUT2D eigenvalue weighted by molar-refractivity contribution is 7.53. The van der Waals surface area contributed by atoms with Crippen molar-refractivity contribution in [2.75, 3.05) is 24.9 Å². The molecule has 0 saturated carbocycles. The van der Waals surface area contributed by atoms with Gasteiger partial charge in [0, 0.05) is 11.5 Å². The van der Waals surface area contributed by atoms with Crippen molar-refractivity contribution in [3.05, 3.63) is 48.5 Å². The van der Waals surface area contributed by atoms with E-state index in [1.165, 1.54) is 6.33 Å². The lowest BCUT2D eigenvalue weighted by Crippen LogP contribution is -2.30. The Labute approximate surface area is 220 Å². The molecule has 0 spiro atoms. The first kappa shape index (κ1) is 27.8. The molecule has 0 bridgehead atoms. The molecule has 38 heavy (non-hydrogen) atoms. The number of nitrogens with one attached hydrogen (secondary N) is 1. The molecule has 4 rings (SSSR count). The molecule has 2 aromatic heterocycles. The number of carbonyl (C=O) groups excluding carboxylic acids is 2. The Morgan fingerprint density at radius 3 is 2.55 bits per heavy atom. The number of amides is 1. The smallest absolute Gasteiger partial charge is 0.356 e. The maximum atomic E-state index is 12.9. The summed E-state index contributed by atoms with van der Waals surface area (Å²) in [6.45, 7) is 7.80. The average Bonchev–Trinajstić information content (AvgIpc) is 3.27. The monoisotopic (exact) mass is 545 g/mol. The Kier molecular flexibility index (Phi) is 8.57. The molecule has 0 unspecified atom stereocenters. The van der Waals surface area contributed by atoms with Crippen molar-refractivity contribution in [1.82, 2.24) is 19.5 Å². The van der Waals surface area contributed by atoms with Gasteiger partial charge in [-0.05, 0) is 39.8 Å². The van der Waals surface area contributed by atoms with Crippen LogP contribution in [0.4, 0.5) is 5.82 Å². The van der Waals surface area contributed by atoms with E-state index in [2.05, 4.69) is 20.3 Å². The van der Waals surface area contributed by atoms with E-state index in [9.17, 15) is 14.2 Å². The normalized spacial score (nSPS) is 20.7. The zero-order chi connectivity index (χ0) is 27.3. The lowest BCUT2D eigenvalue weighted by atomic mass is 10.1. The van der Waals surface area contributed by atoms with Crippen LogP contribution in [0.25, 0.3) is 11.2 Å². The maximum absolute atomic E-state index is 12.9. The van der Waals surface area contributed by atoms with Crippen molar-refractivity contribution in [2.45, 2.75) is 52.4 Å².